The van der Waals surface area contributed by atoms with Crippen LogP contribution < -0.4 is 4.72 Å². The van der Waals surface area contributed by atoms with Crippen molar-refractivity contribution in [3.8, 4) is 0 Å². The molecule has 1 unspecified atom stereocenters. The third kappa shape index (κ3) is 3.64. The van der Waals surface area contributed by atoms with E-state index in [1.54, 1.807) is 0 Å². The first-order valence-electron chi connectivity index (χ1n) is 3.43. The van der Waals surface area contributed by atoms with E-state index in [2.05, 4.69) is 4.74 Å². The fourth-order valence-electron chi connectivity index (χ4n) is 0.556. The average molecular weight is 251 g/mol. The minimum Gasteiger partial charge on any atom is -0.468 e. The van der Waals surface area contributed by atoms with Crippen LogP contribution in [0, 0.1) is 0 Å². The summed E-state index contributed by atoms with van der Waals surface area (Å²) in [7, 11) is -4.83. The molecule has 90 valence electrons. The second-order valence-corrected chi connectivity index (χ2v) is 4.03. The van der Waals surface area contributed by atoms with Crippen molar-refractivity contribution >= 4 is 16.0 Å². The molecule has 0 saturated carbocycles. The molecule has 0 rings (SSSR count). The molecular formula is C5H8F3NO5S. The Morgan fingerprint density at radius 2 is 2.00 bits per heavy atom. The van der Waals surface area contributed by atoms with Crippen molar-refractivity contribution in [2.75, 3.05) is 13.7 Å². The molecule has 0 amide bonds. The highest BCUT2D eigenvalue weighted by molar-refractivity contribution is 7.90. The van der Waals surface area contributed by atoms with Crippen LogP contribution in [0.2, 0.25) is 0 Å². The maximum atomic E-state index is 11.8. The van der Waals surface area contributed by atoms with Crippen LogP contribution in [0.3, 0.4) is 0 Å². The average Bonchev–Trinajstić information content (AvgIpc) is 2.11. The van der Waals surface area contributed by atoms with Crippen LogP contribution in [0.5, 0.6) is 0 Å². The zero-order chi connectivity index (χ0) is 12.3. The van der Waals surface area contributed by atoms with E-state index in [0.717, 1.165) is 11.8 Å². The molecule has 1 atom stereocenters. The number of halogens is 3. The smallest absolute Gasteiger partial charge is 0.468 e. The number of hydrogen-bond acceptors (Lipinski definition) is 5. The van der Waals surface area contributed by atoms with Crippen molar-refractivity contribution in [2.24, 2.45) is 0 Å². The molecule has 0 radical (unpaired) electrons. The topological polar surface area (TPSA) is 92.7 Å². The Labute approximate surface area is 83.1 Å². The van der Waals surface area contributed by atoms with Gasteiger partial charge >= 0.3 is 21.5 Å². The van der Waals surface area contributed by atoms with Gasteiger partial charge in [0.25, 0.3) is 0 Å². The number of methoxy groups -OCH3 is 1. The van der Waals surface area contributed by atoms with Crippen molar-refractivity contribution in [3.05, 3.63) is 0 Å². The molecule has 15 heavy (non-hydrogen) atoms. The fourth-order valence-corrected chi connectivity index (χ4v) is 1.24. The molecule has 0 aromatic heterocycles. The lowest BCUT2D eigenvalue weighted by atomic mass is 10.3. The molecule has 0 aliphatic carbocycles. The Bertz CT molecular complexity index is 324. The first-order chi connectivity index (χ1) is 6.65. The summed E-state index contributed by atoms with van der Waals surface area (Å²) in [4.78, 5) is 10.7. The highest BCUT2D eigenvalue weighted by Crippen LogP contribution is 2.21. The number of sulfonamides is 1. The van der Waals surface area contributed by atoms with Gasteiger partial charge in [0.05, 0.1) is 13.7 Å². The van der Waals surface area contributed by atoms with E-state index in [1.807, 2.05) is 0 Å². The highest BCUT2D eigenvalue weighted by Gasteiger charge is 2.47. The van der Waals surface area contributed by atoms with Crippen molar-refractivity contribution in [3.63, 3.8) is 0 Å². The summed E-state index contributed by atoms with van der Waals surface area (Å²) in [6, 6.07) is -1.97. The zero-order valence-electron chi connectivity index (χ0n) is 7.41. The molecule has 0 bridgehead atoms. The summed E-state index contributed by atoms with van der Waals surface area (Å²) >= 11 is 0. The minimum absolute atomic E-state index is 0.840. The molecule has 0 fully saturated rings. The van der Waals surface area contributed by atoms with E-state index in [0.29, 0.717) is 0 Å². The minimum atomic E-state index is -5.68. The number of nitrogens with one attached hydrogen (secondary N) is 1. The first-order valence-corrected chi connectivity index (χ1v) is 4.91. The van der Waals surface area contributed by atoms with Crippen LogP contribution in [0.1, 0.15) is 0 Å². The van der Waals surface area contributed by atoms with Crippen LogP contribution in [0.4, 0.5) is 13.2 Å². The Morgan fingerprint density at radius 1 is 1.53 bits per heavy atom. The number of ether oxygens (including phenoxy) is 1. The van der Waals surface area contributed by atoms with Crippen LogP contribution in [-0.2, 0) is 19.6 Å². The first kappa shape index (κ1) is 14.1. The van der Waals surface area contributed by atoms with Crippen molar-refractivity contribution in [1.29, 1.82) is 0 Å². The second kappa shape index (κ2) is 4.77. The van der Waals surface area contributed by atoms with Crippen molar-refractivity contribution in [1.82, 2.24) is 4.72 Å². The van der Waals surface area contributed by atoms with Gasteiger partial charge < -0.3 is 9.84 Å². The quantitative estimate of drug-likeness (QED) is 0.622. The monoisotopic (exact) mass is 251 g/mol. The summed E-state index contributed by atoms with van der Waals surface area (Å²) in [6.45, 7) is -1.14. The molecular weight excluding hydrogens is 243 g/mol. The van der Waals surface area contributed by atoms with Gasteiger partial charge in [-0.25, -0.2) is 8.42 Å². The zero-order valence-corrected chi connectivity index (χ0v) is 8.22. The van der Waals surface area contributed by atoms with Crippen LogP contribution in [0.25, 0.3) is 0 Å². The molecule has 0 aromatic rings. The number of alkyl halides is 3. The number of aliphatic hydroxyl groups excluding tert-OH is 1. The molecule has 0 spiro atoms. The van der Waals surface area contributed by atoms with Gasteiger partial charge in [0.15, 0.2) is 0 Å². The second-order valence-electron chi connectivity index (χ2n) is 2.33. The summed E-state index contributed by atoms with van der Waals surface area (Å²) < 4.78 is 61.3. The van der Waals surface area contributed by atoms with Gasteiger partial charge in [-0.2, -0.15) is 17.9 Å². The van der Waals surface area contributed by atoms with Gasteiger partial charge in [-0.05, 0) is 0 Å². The van der Waals surface area contributed by atoms with Gasteiger partial charge in [-0.15, -0.1) is 0 Å². The molecule has 0 aliphatic heterocycles. The molecule has 0 aliphatic rings. The van der Waals surface area contributed by atoms with E-state index in [1.165, 1.54) is 0 Å². The van der Waals surface area contributed by atoms with Gasteiger partial charge in [0.1, 0.15) is 6.04 Å². The number of carbonyl (C=O) groups excluding carboxylic acids is 1. The molecule has 6 nitrogen and oxygen atoms in total. The lowest BCUT2D eigenvalue weighted by Crippen LogP contribution is -2.48. The van der Waals surface area contributed by atoms with Crippen LogP contribution in [-0.4, -0.2) is 44.8 Å². The number of aliphatic hydroxyl groups is 1. The number of esters is 1. The normalized spacial score (nSPS) is 14.7. The predicted octanol–water partition coefficient (Wildman–Crippen LogP) is -1.04. The summed E-state index contributed by atoms with van der Waals surface area (Å²) in [5.74, 6) is -1.31. The third-order valence-corrected chi connectivity index (χ3v) is 2.47. The summed E-state index contributed by atoms with van der Waals surface area (Å²) in [6.07, 6.45) is 0. The number of hydrogen-bond donors (Lipinski definition) is 2. The van der Waals surface area contributed by atoms with E-state index in [-0.39, 0.29) is 0 Å². The molecule has 2 N–H and O–H groups in total. The lowest BCUT2D eigenvalue weighted by molar-refractivity contribution is -0.143. The standard InChI is InChI=1S/C5H8F3NO5S/c1-14-4(11)3(2-10)9-15(12,13)5(6,7)8/h3,9-10H,2H2,1H3. The van der Waals surface area contributed by atoms with E-state index in [4.69, 9.17) is 5.11 Å². The van der Waals surface area contributed by atoms with E-state index < -0.39 is 34.1 Å². The Morgan fingerprint density at radius 3 is 2.27 bits per heavy atom. The Kier molecular flexibility index (Phi) is 4.49. The highest BCUT2D eigenvalue weighted by atomic mass is 32.2. The molecule has 0 heterocycles. The maximum Gasteiger partial charge on any atom is 0.511 e. The summed E-state index contributed by atoms with van der Waals surface area (Å²) in [5, 5.41) is 8.46. The molecule has 0 saturated heterocycles. The number of carbonyl (C=O) groups is 1. The van der Waals surface area contributed by atoms with Gasteiger partial charge in [-0.1, -0.05) is 0 Å². The van der Waals surface area contributed by atoms with E-state index >= 15 is 0 Å². The summed E-state index contributed by atoms with van der Waals surface area (Å²) in [5.41, 5.74) is -5.55. The van der Waals surface area contributed by atoms with Gasteiger partial charge in [0.2, 0.25) is 0 Å². The van der Waals surface area contributed by atoms with Crippen molar-refractivity contribution in [2.45, 2.75) is 11.6 Å². The van der Waals surface area contributed by atoms with Crippen molar-refractivity contribution < 1.29 is 36.2 Å². The Balaban J connectivity index is 4.79. The SMILES string of the molecule is COC(=O)C(CO)NS(=O)(=O)C(F)(F)F. The van der Waals surface area contributed by atoms with Gasteiger partial charge in [-0.3, -0.25) is 4.79 Å². The predicted molar refractivity (Wildman–Crippen MR) is 41.0 cm³/mol. The van der Waals surface area contributed by atoms with Crippen LogP contribution in [0.15, 0.2) is 0 Å². The van der Waals surface area contributed by atoms with E-state index in [9.17, 15) is 26.4 Å². The number of rotatable bonds is 4. The maximum absolute atomic E-state index is 11.8. The van der Waals surface area contributed by atoms with Gasteiger partial charge in [0, 0.05) is 0 Å². The van der Waals surface area contributed by atoms with Crippen LogP contribution >= 0.6 is 0 Å². The molecule has 0 aromatic carbocycles. The largest absolute Gasteiger partial charge is 0.511 e. The Hall–Kier alpha value is -0.870. The fraction of sp³-hybridized carbons (Fsp3) is 0.800. The lowest BCUT2D eigenvalue weighted by Gasteiger charge is -2.15. The third-order valence-electron chi connectivity index (χ3n) is 1.27. The molecule has 10 heteroatoms.